The second kappa shape index (κ2) is 9.58. The Balaban J connectivity index is 1.52. The van der Waals surface area contributed by atoms with Crippen molar-refractivity contribution >= 4 is 16.8 Å². The number of aryl methyl sites for hydroxylation is 2. The normalized spacial score (nSPS) is 16.4. The molecule has 5 heteroatoms. The number of pyridine rings is 1. The number of benzene rings is 2. The number of aromatic nitrogens is 1. The molecule has 31 heavy (non-hydrogen) atoms. The Hall–Kier alpha value is -2.76. The molecule has 5 nitrogen and oxygen atoms in total. The molecule has 0 spiro atoms. The number of nitrogens with one attached hydrogen (secondary N) is 1. The first-order valence-electron chi connectivity index (χ1n) is 11.1. The number of hydrogen-bond donors (Lipinski definition) is 1. The standard InChI is InChI=1S/C26H32N4O/c1-19-22-11-7-8-12-24(22)27-20(2)23(19)17-26(31)28-25(21-9-5-4-6-10-21)18-30-15-13-29(3)14-16-30/h4-12,25H,13-18H2,1-3H3,(H,28,31). The molecule has 0 radical (unpaired) electrons. The van der Waals surface area contributed by atoms with Crippen LogP contribution in [0.2, 0.25) is 0 Å². The Labute approximate surface area is 185 Å². The highest BCUT2D eigenvalue weighted by Gasteiger charge is 2.22. The van der Waals surface area contributed by atoms with Crippen LogP contribution in [0.25, 0.3) is 10.9 Å². The first-order chi connectivity index (χ1) is 15.0. The summed E-state index contributed by atoms with van der Waals surface area (Å²) in [4.78, 5) is 22.7. The van der Waals surface area contributed by atoms with Crippen molar-refractivity contribution < 1.29 is 4.79 Å². The van der Waals surface area contributed by atoms with Crippen molar-refractivity contribution in [3.8, 4) is 0 Å². The fourth-order valence-corrected chi connectivity index (χ4v) is 4.45. The molecule has 0 saturated carbocycles. The molecule has 1 aliphatic rings. The highest BCUT2D eigenvalue weighted by atomic mass is 16.1. The van der Waals surface area contributed by atoms with Gasteiger partial charge in [-0.3, -0.25) is 14.7 Å². The number of para-hydroxylation sites is 1. The maximum Gasteiger partial charge on any atom is 0.225 e. The van der Waals surface area contributed by atoms with Gasteiger partial charge in [0.15, 0.2) is 0 Å². The summed E-state index contributed by atoms with van der Waals surface area (Å²) >= 11 is 0. The number of carbonyl (C=O) groups excluding carboxylic acids is 1. The SMILES string of the molecule is Cc1nc2ccccc2c(C)c1CC(=O)NC(CN1CCN(C)CC1)c1ccccc1. The zero-order valence-corrected chi connectivity index (χ0v) is 18.8. The molecule has 0 aliphatic carbocycles. The van der Waals surface area contributed by atoms with Crippen LogP contribution in [0.5, 0.6) is 0 Å². The van der Waals surface area contributed by atoms with Crippen LogP contribution in [-0.2, 0) is 11.2 Å². The summed E-state index contributed by atoms with van der Waals surface area (Å²) in [5.41, 5.74) is 5.25. The molecule has 1 amide bonds. The highest BCUT2D eigenvalue weighted by Crippen LogP contribution is 2.23. The van der Waals surface area contributed by atoms with Crippen LogP contribution in [0, 0.1) is 13.8 Å². The number of piperazine rings is 1. The molecular formula is C26H32N4O. The third-order valence-corrected chi connectivity index (χ3v) is 6.40. The van der Waals surface area contributed by atoms with Gasteiger partial charge in [0.05, 0.1) is 18.0 Å². The predicted molar refractivity (Wildman–Crippen MR) is 126 cm³/mol. The van der Waals surface area contributed by atoms with E-state index in [1.807, 2.05) is 43.3 Å². The van der Waals surface area contributed by atoms with E-state index in [1.54, 1.807) is 0 Å². The lowest BCUT2D eigenvalue weighted by atomic mass is 9.98. The summed E-state index contributed by atoms with van der Waals surface area (Å²) < 4.78 is 0. The van der Waals surface area contributed by atoms with Gasteiger partial charge in [-0.05, 0) is 43.7 Å². The van der Waals surface area contributed by atoms with E-state index < -0.39 is 0 Å². The van der Waals surface area contributed by atoms with E-state index in [-0.39, 0.29) is 11.9 Å². The lowest BCUT2D eigenvalue weighted by Gasteiger charge is -2.35. The number of likely N-dealkylation sites (N-methyl/N-ethyl adjacent to an activating group) is 1. The third-order valence-electron chi connectivity index (χ3n) is 6.40. The van der Waals surface area contributed by atoms with Crippen molar-refractivity contribution in [3.63, 3.8) is 0 Å². The second-order valence-electron chi connectivity index (χ2n) is 8.63. The molecule has 3 aromatic rings. The number of nitrogens with zero attached hydrogens (tertiary/aromatic N) is 3. The van der Waals surface area contributed by atoms with Gasteiger partial charge in [-0.2, -0.15) is 0 Å². The van der Waals surface area contributed by atoms with Gasteiger partial charge in [-0.15, -0.1) is 0 Å². The molecule has 1 atom stereocenters. The molecule has 1 unspecified atom stereocenters. The molecule has 1 N–H and O–H groups in total. The minimum absolute atomic E-state index is 0.0221. The minimum atomic E-state index is -0.0221. The van der Waals surface area contributed by atoms with Crippen LogP contribution in [0.3, 0.4) is 0 Å². The molecule has 1 fully saturated rings. The van der Waals surface area contributed by atoms with Gasteiger partial charge in [-0.1, -0.05) is 48.5 Å². The molecule has 1 aromatic heterocycles. The van der Waals surface area contributed by atoms with Gasteiger partial charge in [-0.25, -0.2) is 0 Å². The van der Waals surface area contributed by atoms with Crippen molar-refractivity contribution in [2.75, 3.05) is 39.8 Å². The monoisotopic (exact) mass is 416 g/mol. The van der Waals surface area contributed by atoms with Gasteiger partial charge >= 0.3 is 0 Å². The Kier molecular flexibility index (Phi) is 6.64. The van der Waals surface area contributed by atoms with Gasteiger partial charge < -0.3 is 10.2 Å². The number of amides is 1. The van der Waals surface area contributed by atoms with Gasteiger partial charge in [0.25, 0.3) is 0 Å². The molecule has 162 valence electrons. The largest absolute Gasteiger partial charge is 0.348 e. The van der Waals surface area contributed by atoms with Crippen molar-refractivity contribution in [3.05, 3.63) is 77.0 Å². The molecule has 0 bridgehead atoms. The zero-order chi connectivity index (χ0) is 21.8. The number of carbonyl (C=O) groups is 1. The van der Waals surface area contributed by atoms with E-state index in [2.05, 4.69) is 47.3 Å². The minimum Gasteiger partial charge on any atom is -0.348 e. The molecule has 2 aromatic carbocycles. The van der Waals surface area contributed by atoms with Gasteiger partial charge in [0.1, 0.15) is 0 Å². The van der Waals surface area contributed by atoms with E-state index in [0.29, 0.717) is 6.42 Å². The molecular weight excluding hydrogens is 384 g/mol. The predicted octanol–water partition coefficient (Wildman–Crippen LogP) is 3.50. The average molecular weight is 417 g/mol. The molecule has 2 heterocycles. The Bertz CT molecular complexity index is 1040. The fraction of sp³-hybridized carbons (Fsp3) is 0.385. The van der Waals surface area contributed by atoms with Crippen molar-refractivity contribution in [1.29, 1.82) is 0 Å². The Morgan fingerprint density at radius 1 is 1.00 bits per heavy atom. The summed E-state index contributed by atoms with van der Waals surface area (Å²) in [6, 6.07) is 18.4. The van der Waals surface area contributed by atoms with Crippen LogP contribution in [-0.4, -0.2) is 60.5 Å². The van der Waals surface area contributed by atoms with E-state index in [0.717, 1.165) is 66.0 Å². The smallest absolute Gasteiger partial charge is 0.225 e. The Morgan fingerprint density at radius 3 is 2.42 bits per heavy atom. The van der Waals surface area contributed by atoms with Crippen molar-refractivity contribution in [2.45, 2.75) is 26.3 Å². The van der Waals surface area contributed by atoms with Crippen molar-refractivity contribution in [1.82, 2.24) is 20.1 Å². The number of fused-ring (bicyclic) bond motifs is 1. The van der Waals surface area contributed by atoms with Crippen LogP contribution in [0.1, 0.15) is 28.4 Å². The van der Waals surface area contributed by atoms with Gasteiger partial charge in [0, 0.05) is 43.8 Å². The second-order valence-corrected chi connectivity index (χ2v) is 8.63. The maximum absolute atomic E-state index is 13.2. The summed E-state index contributed by atoms with van der Waals surface area (Å²) in [5, 5.41) is 4.44. The topological polar surface area (TPSA) is 48.5 Å². The van der Waals surface area contributed by atoms with Crippen molar-refractivity contribution in [2.24, 2.45) is 0 Å². The lowest BCUT2D eigenvalue weighted by Crippen LogP contribution is -2.48. The van der Waals surface area contributed by atoms with Crippen LogP contribution in [0.15, 0.2) is 54.6 Å². The molecule has 1 saturated heterocycles. The molecule has 1 aliphatic heterocycles. The van der Waals surface area contributed by atoms with E-state index in [4.69, 9.17) is 4.98 Å². The summed E-state index contributed by atoms with van der Waals surface area (Å²) in [5.74, 6) is 0.0475. The summed E-state index contributed by atoms with van der Waals surface area (Å²) in [6.07, 6.45) is 0.349. The number of hydrogen-bond acceptors (Lipinski definition) is 4. The summed E-state index contributed by atoms with van der Waals surface area (Å²) in [6.45, 7) is 9.12. The third kappa shape index (κ3) is 5.12. The van der Waals surface area contributed by atoms with Crippen LogP contribution < -0.4 is 5.32 Å². The highest BCUT2D eigenvalue weighted by molar-refractivity contribution is 5.86. The first-order valence-corrected chi connectivity index (χ1v) is 11.1. The maximum atomic E-state index is 13.2. The molecule has 4 rings (SSSR count). The Morgan fingerprint density at radius 2 is 1.68 bits per heavy atom. The number of rotatable bonds is 6. The van der Waals surface area contributed by atoms with E-state index >= 15 is 0 Å². The van der Waals surface area contributed by atoms with Crippen LogP contribution in [0.4, 0.5) is 0 Å². The van der Waals surface area contributed by atoms with Gasteiger partial charge in [0.2, 0.25) is 5.91 Å². The van der Waals surface area contributed by atoms with E-state index in [1.165, 1.54) is 0 Å². The first kappa shape index (κ1) is 21.5. The van der Waals surface area contributed by atoms with Crippen LogP contribution >= 0.6 is 0 Å². The lowest BCUT2D eigenvalue weighted by molar-refractivity contribution is -0.121. The summed E-state index contributed by atoms with van der Waals surface area (Å²) in [7, 11) is 2.16. The van der Waals surface area contributed by atoms with E-state index in [9.17, 15) is 4.79 Å². The average Bonchev–Trinajstić information content (AvgIpc) is 2.78. The quantitative estimate of drug-likeness (QED) is 0.668. The fourth-order valence-electron chi connectivity index (χ4n) is 4.45. The zero-order valence-electron chi connectivity index (χ0n) is 18.8.